The molecule has 0 aliphatic carbocycles. The van der Waals surface area contributed by atoms with Crippen LogP contribution in [0.2, 0.25) is 0 Å². The standard InChI is InChI=1S/C6H9N3S/c1-4(10)6-5(7)2-3-8-9-6/h2-4,10H,1H3,(H2,7,8). The molecule has 0 aliphatic heterocycles. The Morgan fingerprint density at radius 1 is 1.70 bits per heavy atom. The van der Waals surface area contributed by atoms with Crippen molar-refractivity contribution in [2.45, 2.75) is 12.2 Å². The quantitative estimate of drug-likeness (QED) is 0.596. The van der Waals surface area contributed by atoms with Crippen LogP contribution in [-0.2, 0) is 0 Å². The van der Waals surface area contributed by atoms with Gasteiger partial charge >= 0.3 is 0 Å². The van der Waals surface area contributed by atoms with Crippen LogP contribution in [0, 0.1) is 0 Å². The van der Waals surface area contributed by atoms with Crippen molar-refractivity contribution in [2.24, 2.45) is 0 Å². The summed E-state index contributed by atoms with van der Waals surface area (Å²) in [7, 11) is 0. The first kappa shape index (κ1) is 7.34. The van der Waals surface area contributed by atoms with Gasteiger partial charge in [-0.05, 0) is 13.0 Å². The van der Waals surface area contributed by atoms with Gasteiger partial charge in [0.2, 0.25) is 0 Å². The molecule has 1 aromatic rings. The molecule has 0 saturated heterocycles. The van der Waals surface area contributed by atoms with Gasteiger partial charge < -0.3 is 5.73 Å². The van der Waals surface area contributed by atoms with E-state index in [1.807, 2.05) is 6.92 Å². The summed E-state index contributed by atoms with van der Waals surface area (Å²) in [6.45, 7) is 1.91. The first-order valence-electron chi connectivity index (χ1n) is 2.97. The number of anilines is 1. The van der Waals surface area contributed by atoms with Crippen molar-refractivity contribution < 1.29 is 0 Å². The molecule has 1 aromatic heterocycles. The van der Waals surface area contributed by atoms with Crippen molar-refractivity contribution in [3.8, 4) is 0 Å². The largest absolute Gasteiger partial charge is 0.397 e. The molecule has 0 saturated carbocycles. The maximum atomic E-state index is 5.57. The molecule has 1 unspecified atom stereocenters. The van der Waals surface area contributed by atoms with Crippen LogP contribution in [0.15, 0.2) is 12.3 Å². The third-order valence-corrected chi connectivity index (χ3v) is 1.42. The van der Waals surface area contributed by atoms with Crippen LogP contribution in [0.3, 0.4) is 0 Å². The van der Waals surface area contributed by atoms with Crippen molar-refractivity contribution in [3.63, 3.8) is 0 Å². The molecule has 0 aliphatic rings. The molecule has 0 amide bonds. The van der Waals surface area contributed by atoms with E-state index in [1.165, 1.54) is 0 Å². The average molecular weight is 155 g/mol. The van der Waals surface area contributed by atoms with Gasteiger partial charge in [-0.25, -0.2) is 0 Å². The van der Waals surface area contributed by atoms with E-state index < -0.39 is 0 Å². The van der Waals surface area contributed by atoms with Crippen LogP contribution in [0.4, 0.5) is 5.69 Å². The summed E-state index contributed by atoms with van der Waals surface area (Å²) in [5.74, 6) is 0. The summed E-state index contributed by atoms with van der Waals surface area (Å²) < 4.78 is 0. The zero-order valence-corrected chi connectivity index (χ0v) is 6.55. The summed E-state index contributed by atoms with van der Waals surface area (Å²) in [5.41, 5.74) is 6.96. The summed E-state index contributed by atoms with van der Waals surface area (Å²) >= 11 is 4.17. The van der Waals surface area contributed by atoms with Gasteiger partial charge in [-0.15, -0.1) is 0 Å². The third-order valence-electron chi connectivity index (χ3n) is 1.18. The molecule has 0 radical (unpaired) electrons. The lowest BCUT2D eigenvalue weighted by Crippen LogP contribution is -1.99. The summed E-state index contributed by atoms with van der Waals surface area (Å²) in [4.78, 5) is 0. The number of thiol groups is 1. The minimum absolute atomic E-state index is 0.0497. The molecule has 0 fully saturated rings. The minimum atomic E-state index is 0.0497. The molecular formula is C6H9N3S. The molecule has 10 heavy (non-hydrogen) atoms. The van der Waals surface area contributed by atoms with Gasteiger partial charge in [-0.2, -0.15) is 22.8 Å². The van der Waals surface area contributed by atoms with E-state index in [0.29, 0.717) is 5.69 Å². The van der Waals surface area contributed by atoms with Crippen molar-refractivity contribution in [1.82, 2.24) is 10.2 Å². The van der Waals surface area contributed by atoms with Crippen molar-refractivity contribution >= 4 is 18.3 Å². The third kappa shape index (κ3) is 1.39. The molecule has 1 atom stereocenters. The smallest absolute Gasteiger partial charge is 0.0983 e. The van der Waals surface area contributed by atoms with Gasteiger partial charge in [-0.3, -0.25) is 0 Å². The number of nitrogens with zero attached hydrogens (tertiary/aromatic N) is 2. The van der Waals surface area contributed by atoms with Crippen molar-refractivity contribution in [2.75, 3.05) is 5.73 Å². The Balaban J connectivity index is 3.03. The van der Waals surface area contributed by atoms with Gasteiger partial charge in [0.1, 0.15) is 0 Å². The summed E-state index contributed by atoms with van der Waals surface area (Å²) in [6.07, 6.45) is 1.56. The molecule has 0 bridgehead atoms. The van der Waals surface area contributed by atoms with E-state index in [1.54, 1.807) is 12.3 Å². The van der Waals surface area contributed by atoms with E-state index in [2.05, 4.69) is 22.8 Å². The predicted molar refractivity (Wildman–Crippen MR) is 43.8 cm³/mol. The Morgan fingerprint density at radius 2 is 2.40 bits per heavy atom. The lowest BCUT2D eigenvalue weighted by molar-refractivity contribution is 0.914. The van der Waals surface area contributed by atoms with Crippen LogP contribution in [-0.4, -0.2) is 10.2 Å². The predicted octanol–water partition coefficient (Wildman–Crippen LogP) is 1.05. The van der Waals surface area contributed by atoms with Crippen molar-refractivity contribution in [3.05, 3.63) is 18.0 Å². The molecule has 4 heteroatoms. The topological polar surface area (TPSA) is 51.8 Å². The molecule has 3 nitrogen and oxygen atoms in total. The molecule has 54 valence electrons. The van der Waals surface area contributed by atoms with Crippen LogP contribution in [0.5, 0.6) is 0 Å². The molecule has 0 spiro atoms. The highest BCUT2D eigenvalue weighted by Gasteiger charge is 2.04. The molecule has 2 N–H and O–H groups in total. The second-order valence-corrected chi connectivity index (χ2v) is 2.82. The zero-order valence-electron chi connectivity index (χ0n) is 5.65. The number of rotatable bonds is 1. The molecule has 1 rings (SSSR count). The molecular weight excluding hydrogens is 146 g/mol. The van der Waals surface area contributed by atoms with Gasteiger partial charge in [-0.1, -0.05) is 0 Å². The normalized spacial score (nSPS) is 13.0. The Hall–Kier alpha value is -0.770. The van der Waals surface area contributed by atoms with Crippen LogP contribution in [0.25, 0.3) is 0 Å². The number of nitrogen functional groups attached to an aromatic ring is 1. The van der Waals surface area contributed by atoms with Crippen LogP contribution in [0.1, 0.15) is 17.9 Å². The second-order valence-electron chi connectivity index (χ2n) is 2.05. The van der Waals surface area contributed by atoms with E-state index in [-0.39, 0.29) is 5.25 Å². The van der Waals surface area contributed by atoms with Crippen molar-refractivity contribution in [1.29, 1.82) is 0 Å². The van der Waals surface area contributed by atoms with Crippen LogP contribution < -0.4 is 5.73 Å². The zero-order chi connectivity index (χ0) is 7.56. The fraction of sp³-hybridized carbons (Fsp3) is 0.333. The number of hydrogen-bond acceptors (Lipinski definition) is 4. The Kier molecular flexibility index (Phi) is 2.11. The van der Waals surface area contributed by atoms with E-state index >= 15 is 0 Å². The SMILES string of the molecule is CC(S)c1nnccc1N. The fourth-order valence-corrected chi connectivity index (χ4v) is 0.878. The maximum absolute atomic E-state index is 5.57. The van der Waals surface area contributed by atoms with E-state index in [4.69, 9.17) is 5.73 Å². The van der Waals surface area contributed by atoms with E-state index in [0.717, 1.165) is 5.69 Å². The highest BCUT2D eigenvalue weighted by Crippen LogP contribution is 2.20. The highest BCUT2D eigenvalue weighted by atomic mass is 32.1. The highest BCUT2D eigenvalue weighted by molar-refractivity contribution is 7.80. The second kappa shape index (κ2) is 2.88. The Morgan fingerprint density at radius 3 is 2.80 bits per heavy atom. The lowest BCUT2D eigenvalue weighted by atomic mass is 10.3. The van der Waals surface area contributed by atoms with Gasteiger partial charge in [0.25, 0.3) is 0 Å². The lowest BCUT2D eigenvalue weighted by Gasteiger charge is -2.03. The number of aromatic nitrogens is 2. The Bertz CT molecular complexity index is 224. The fourth-order valence-electron chi connectivity index (χ4n) is 0.677. The summed E-state index contributed by atoms with van der Waals surface area (Å²) in [6, 6.07) is 1.72. The first-order valence-corrected chi connectivity index (χ1v) is 3.48. The number of hydrogen-bond donors (Lipinski definition) is 2. The number of nitrogens with two attached hydrogens (primary N) is 1. The monoisotopic (exact) mass is 155 g/mol. The molecule has 0 aromatic carbocycles. The minimum Gasteiger partial charge on any atom is -0.397 e. The Labute approximate surface area is 65.1 Å². The average Bonchev–Trinajstić information content (AvgIpc) is 1.88. The van der Waals surface area contributed by atoms with Gasteiger partial charge in [0.15, 0.2) is 0 Å². The van der Waals surface area contributed by atoms with Crippen LogP contribution >= 0.6 is 12.6 Å². The summed E-state index contributed by atoms with van der Waals surface area (Å²) in [5, 5.41) is 7.56. The van der Waals surface area contributed by atoms with Gasteiger partial charge in [0, 0.05) is 5.25 Å². The molecule has 1 heterocycles. The van der Waals surface area contributed by atoms with E-state index in [9.17, 15) is 0 Å². The first-order chi connectivity index (χ1) is 4.72. The maximum Gasteiger partial charge on any atom is 0.0983 e. The van der Waals surface area contributed by atoms with Gasteiger partial charge in [0.05, 0.1) is 17.6 Å².